The lowest BCUT2D eigenvalue weighted by Gasteiger charge is -2.23. The zero-order valence-corrected chi connectivity index (χ0v) is 22.0. The molecule has 5 rings (SSSR count). The molecule has 1 amide bonds. The molecule has 39 heavy (non-hydrogen) atoms. The van der Waals surface area contributed by atoms with Gasteiger partial charge in [0.15, 0.2) is 11.5 Å². The normalized spacial score (nSPS) is 17.8. The highest BCUT2D eigenvalue weighted by Crippen LogP contribution is 2.52. The van der Waals surface area contributed by atoms with Gasteiger partial charge in [-0.3, -0.25) is 4.79 Å². The van der Waals surface area contributed by atoms with E-state index in [2.05, 4.69) is 33.6 Å². The summed E-state index contributed by atoms with van der Waals surface area (Å²) in [6.07, 6.45) is 0.741. The number of hydrogen-bond donors (Lipinski definition) is 4. The lowest BCUT2D eigenvalue weighted by molar-refractivity contribution is -0.286. The van der Waals surface area contributed by atoms with Gasteiger partial charge in [0.1, 0.15) is 5.82 Å². The number of carbonyl (C=O) groups is 1. The van der Waals surface area contributed by atoms with Gasteiger partial charge in [0.05, 0.1) is 23.8 Å². The van der Waals surface area contributed by atoms with Gasteiger partial charge in [-0.2, -0.15) is 0 Å². The lowest BCUT2D eigenvalue weighted by atomic mass is 9.83. The average molecular weight is 547 g/mol. The van der Waals surface area contributed by atoms with E-state index in [0.29, 0.717) is 30.3 Å². The molecule has 0 bridgehead atoms. The monoisotopic (exact) mass is 546 g/mol. The van der Waals surface area contributed by atoms with Gasteiger partial charge in [-0.25, -0.2) is 4.39 Å². The van der Waals surface area contributed by atoms with Crippen molar-refractivity contribution in [1.82, 2.24) is 4.98 Å². The van der Waals surface area contributed by atoms with Crippen molar-refractivity contribution in [2.24, 2.45) is 0 Å². The number of unbranched alkanes of at least 4 members (excludes halogenated alkanes) is 2. The molecule has 0 spiro atoms. The Morgan fingerprint density at radius 2 is 1.85 bits per heavy atom. The number of carbonyl (C=O) groups excluding carboxylic acids is 1. The van der Waals surface area contributed by atoms with Crippen LogP contribution in [0.3, 0.4) is 0 Å². The molecule has 7 nitrogen and oxygen atoms in total. The number of fused-ring (bicyclic) bond motifs is 2. The lowest BCUT2D eigenvalue weighted by Crippen LogP contribution is -2.28. The molecule has 0 unspecified atom stereocenters. The maximum atomic E-state index is 15.1. The number of aliphatic hydroxyl groups excluding tert-OH is 2. The zero-order chi connectivity index (χ0) is 28.0. The molecule has 0 saturated heterocycles. The van der Waals surface area contributed by atoms with Gasteiger partial charge in [0.2, 0.25) is 5.91 Å². The van der Waals surface area contributed by atoms with Crippen LogP contribution in [0, 0.1) is 5.82 Å². The first-order chi connectivity index (χ1) is 18.4. The van der Waals surface area contributed by atoms with Crippen LogP contribution in [0.4, 0.5) is 18.9 Å². The van der Waals surface area contributed by atoms with Gasteiger partial charge < -0.3 is 30.0 Å². The van der Waals surface area contributed by atoms with Crippen molar-refractivity contribution in [2.75, 3.05) is 11.9 Å². The van der Waals surface area contributed by atoms with E-state index in [1.807, 2.05) is 6.07 Å². The van der Waals surface area contributed by atoms with E-state index in [0.717, 1.165) is 36.8 Å². The fourth-order valence-electron chi connectivity index (χ4n) is 5.22. The highest BCUT2D eigenvalue weighted by atomic mass is 19.3. The molecule has 2 aromatic carbocycles. The van der Waals surface area contributed by atoms with Gasteiger partial charge >= 0.3 is 6.29 Å². The van der Waals surface area contributed by atoms with Crippen LogP contribution in [-0.2, 0) is 15.6 Å². The molecule has 10 heteroatoms. The number of aromatic nitrogens is 1. The molecule has 1 fully saturated rings. The summed E-state index contributed by atoms with van der Waals surface area (Å²) in [5.74, 6) is -1.21. The Morgan fingerprint density at radius 1 is 1.10 bits per heavy atom. The molecule has 1 atom stereocenters. The van der Waals surface area contributed by atoms with Gasteiger partial charge in [0.25, 0.3) is 0 Å². The summed E-state index contributed by atoms with van der Waals surface area (Å²) in [7, 11) is 0. The fraction of sp³-hybridized carbons (Fsp3) is 0.483. The van der Waals surface area contributed by atoms with Crippen LogP contribution in [0.2, 0.25) is 0 Å². The molecule has 210 valence electrons. The SMILES string of the molecule is CC(C)(CCCCC[C@@H](O)CO)c1cc2cc(NC(=O)C3(c4ccc5c(c4)OC(F)(F)O5)CC3)c(F)cc2[nH]1. The molecule has 4 N–H and O–H groups in total. The molecular formula is C29H33F3N2O5. The van der Waals surface area contributed by atoms with Crippen LogP contribution in [-0.4, -0.2) is 40.1 Å². The van der Waals surface area contributed by atoms with Crippen LogP contribution in [0.1, 0.15) is 70.1 Å². The summed E-state index contributed by atoms with van der Waals surface area (Å²) >= 11 is 0. The second-order valence-electron chi connectivity index (χ2n) is 11.3. The Labute approximate surface area is 224 Å². The van der Waals surface area contributed by atoms with Gasteiger partial charge in [0, 0.05) is 28.1 Å². The second-order valence-corrected chi connectivity index (χ2v) is 11.3. The number of amides is 1. The summed E-state index contributed by atoms with van der Waals surface area (Å²) in [5.41, 5.74) is 0.984. The molecule has 1 aliphatic carbocycles. The smallest absolute Gasteiger partial charge is 0.395 e. The predicted octanol–water partition coefficient (Wildman–Crippen LogP) is 5.88. The summed E-state index contributed by atoms with van der Waals surface area (Å²) < 4.78 is 50.9. The second kappa shape index (κ2) is 10.1. The molecule has 1 saturated carbocycles. The van der Waals surface area contributed by atoms with E-state index < -0.39 is 29.5 Å². The Kier molecular flexibility index (Phi) is 7.05. The van der Waals surface area contributed by atoms with Gasteiger partial charge in [-0.15, -0.1) is 8.78 Å². The largest absolute Gasteiger partial charge is 0.586 e. The Hall–Kier alpha value is -3.24. The first-order valence-corrected chi connectivity index (χ1v) is 13.3. The summed E-state index contributed by atoms with van der Waals surface area (Å²) in [4.78, 5) is 16.6. The van der Waals surface area contributed by atoms with E-state index in [1.54, 1.807) is 12.1 Å². The number of halogens is 3. The van der Waals surface area contributed by atoms with Crippen molar-refractivity contribution in [2.45, 2.75) is 82.0 Å². The Morgan fingerprint density at radius 3 is 2.56 bits per heavy atom. The van der Waals surface area contributed by atoms with Crippen molar-refractivity contribution in [3.05, 3.63) is 53.5 Å². The van der Waals surface area contributed by atoms with Crippen molar-refractivity contribution < 1.29 is 37.7 Å². The number of aliphatic hydroxyl groups is 2. The standard InChI is InChI=1S/C29H33F3N2O5/c1-27(2,9-5-3-4-6-19(36)16-35)25-13-17-12-22(20(30)15-21(17)33-25)34-26(37)28(10-11-28)18-7-8-23-24(14-18)39-29(31,32)38-23/h7-8,12-15,19,33,35-36H,3-6,9-11,16H2,1-2H3,(H,34,37)/t19-/m1/s1. The average Bonchev–Trinajstić information content (AvgIpc) is 3.48. The Balaban J connectivity index is 1.27. The molecule has 2 heterocycles. The van der Waals surface area contributed by atoms with Crippen molar-refractivity contribution in [3.63, 3.8) is 0 Å². The number of H-pyrrole nitrogens is 1. The number of hydrogen-bond acceptors (Lipinski definition) is 5. The number of ether oxygens (including phenoxy) is 2. The van der Waals surface area contributed by atoms with Crippen LogP contribution in [0.5, 0.6) is 11.5 Å². The molecule has 1 aromatic heterocycles. The van der Waals surface area contributed by atoms with Gasteiger partial charge in [-0.05, 0) is 55.5 Å². The minimum absolute atomic E-state index is 0.0526. The minimum Gasteiger partial charge on any atom is -0.395 e. The van der Waals surface area contributed by atoms with Crippen molar-refractivity contribution >= 4 is 22.5 Å². The molecule has 2 aliphatic rings. The number of anilines is 1. The highest BCUT2D eigenvalue weighted by Gasteiger charge is 2.53. The third-order valence-electron chi connectivity index (χ3n) is 7.87. The third-order valence-corrected chi connectivity index (χ3v) is 7.87. The first-order valence-electron chi connectivity index (χ1n) is 13.3. The van der Waals surface area contributed by atoms with Crippen LogP contribution >= 0.6 is 0 Å². The van der Waals surface area contributed by atoms with E-state index in [1.165, 1.54) is 18.2 Å². The Bertz CT molecular complexity index is 1380. The highest BCUT2D eigenvalue weighted by molar-refractivity contribution is 6.02. The summed E-state index contributed by atoms with van der Waals surface area (Å²) in [5, 5.41) is 21.9. The summed E-state index contributed by atoms with van der Waals surface area (Å²) in [6.45, 7) is 4.00. The van der Waals surface area contributed by atoms with Crippen molar-refractivity contribution in [3.8, 4) is 11.5 Å². The topological polar surface area (TPSA) is 104 Å². The maximum absolute atomic E-state index is 15.1. The van der Waals surface area contributed by atoms with E-state index >= 15 is 4.39 Å². The zero-order valence-electron chi connectivity index (χ0n) is 22.0. The number of alkyl halides is 2. The molecule has 3 aromatic rings. The predicted molar refractivity (Wildman–Crippen MR) is 140 cm³/mol. The van der Waals surface area contributed by atoms with Crippen molar-refractivity contribution in [1.29, 1.82) is 0 Å². The third kappa shape index (κ3) is 5.58. The molecular weight excluding hydrogens is 513 g/mol. The molecule has 0 radical (unpaired) electrons. The number of rotatable bonds is 11. The quantitative estimate of drug-likeness (QED) is 0.225. The fourth-order valence-corrected chi connectivity index (χ4v) is 5.22. The first kappa shape index (κ1) is 27.3. The van der Waals surface area contributed by atoms with E-state index in [-0.39, 0.29) is 29.2 Å². The minimum atomic E-state index is -3.74. The maximum Gasteiger partial charge on any atom is 0.586 e. The van der Waals surface area contributed by atoms with Gasteiger partial charge in [-0.1, -0.05) is 39.2 Å². The van der Waals surface area contributed by atoms with Crippen LogP contribution in [0.15, 0.2) is 36.4 Å². The van der Waals surface area contributed by atoms with Crippen LogP contribution in [0.25, 0.3) is 10.9 Å². The summed E-state index contributed by atoms with van der Waals surface area (Å²) in [6, 6.07) is 9.23. The number of aromatic amines is 1. The molecule has 1 aliphatic heterocycles. The van der Waals surface area contributed by atoms with Crippen LogP contribution < -0.4 is 14.8 Å². The van der Waals surface area contributed by atoms with E-state index in [9.17, 15) is 18.7 Å². The number of benzene rings is 2. The van der Waals surface area contributed by atoms with E-state index in [4.69, 9.17) is 5.11 Å². The number of nitrogens with one attached hydrogen (secondary N) is 2.